The number of aromatic nitrogens is 3. The van der Waals surface area contributed by atoms with Gasteiger partial charge in [0.05, 0.1) is 18.9 Å². The molecule has 35 heavy (non-hydrogen) atoms. The number of hydrogen-bond acceptors (Lipinski definition) is 7. The summed E-state index contributed by atoms with van der Waals surface area (Å²) in [5.74, 6) is 2.07. The van der Waals surface area contributed by atoms with Crippen LogP contribution in [0.4, 0.5) is 17.5 Å². The van der Waals surface area contributed by atoms with Gasteiger partial charge in [-0.3, -0.25) is 9.78 Å². The molecule has 8 nitrogen and oxygen atoms in total. The van der Waals surface area contributed by atoms with Crippen molar-refractivity contribution in [3.05, 3.63) is 71.7 Å². The van der Waals surface area contributed by atoms with Crippen LogP contribution in [0, 0.1) is 5.92 Å². The van der Waals surface area contributed by atoms with E-state index in [1.165, 1.54) is 18.4 Å². The zero-order chi connectivity index (χ0) is 23.6. The molecule has 1 saturated carbocycles. The summed E-state index contributed by atoms with van der Waals surface area (Å²) < 4.78 is 5.55. The molecular weight excluding hydrogens is 440 g/mol. The summed E-state index contributed by atoms with van der Waals surface area (Å²) in [6, 6.07) is 14.4. The van der Waals surface area contributed by atoms with Gasteiger partial charge in [-0.05, 0) is 42.4 Å². The van der Waals surface area contributed by atoms with E-state index in [2.05, 4.69) is 44.4 Å². The first-order chi connectivity index (χ1) is 17.2. The lowest BCUT2D eigenvalue weighted by molar-refractivity contribution is 0.0946. The molecule has 8 heteroatoms. The second-order valence-corrected chi connectivity index (χ2v) is 9.59. The maximum Gasteiger partial charge on any atom is 0.270 e. The number of pyridine rings is 1. The molecule has 1 amide bonds. The van der Waals surface area contributed by atoms with Gasteiger partial charge >= 0.3 is 0 Å². The van der Waals surface area contributed by atoms with Gasteiger partial charge < -0.3 is 19.9 Å². The number of morpholine rings is 1. The number of ether oxygens (including phenoxy) is 1. The molecule has 0 bridgehead atoms. The summed E-state index contributed by atoms with van der Waals surface area (Å²) in [6.07, 6.45) is 7.03. The summed E-state index contributed by atoms with van der Waals surface area (Å²) in [6.45, 7) is 4.23. The van der Waals surface area contributed by atoms with Gasteiger partial charge in [0.15, 0.2) is 0 Å². The molecule has 0 radical (unpaired) electrons. The van der Waals surface area contributed by atoms with Gasteiger partial charge in [0.2, 0.25) is 5.95 Å². The minimum absolute atomic E-state index is 0.137. The molecule has 2 fully saturated rings. The van der Waals surface area contributed by atoms with Gasteiger partial charge in [-0.15, -0.1) is 0 Å². The highest BCUT2D eigenvalue weighted by Gasteiger charge is 2.30. The number of nitrogens with zero attached hydrogens (tertiary/aromatic N) is 5. The maximum atomic E-state index is 13.1. The molecule has 1 aromatic carbocycles. The van der Waals surface area contributed by atoms with Crippen molar-refractivity contribution in [3.63, 3.8) is 0 Å². The fourth-order valence-corrected chi connectivity index (χ4v) is 4.89. The van der Waals surface area contributed by atoms with Crippen LogP contribution in [0.15, 0.2) is 54.9 Å². The first-order valence-electron chi connectivity index (χ1n) is 12.5. The van der Waals surface area contributed by atoms with Gasteiger partial charge in [-0.25, -0.2) is 4.98 Å². The topological polar surface area (TPSA) is 83.5 Å². The quantitative estimate of drug-likeness (QED) is 0.592. The van der Waals surface area contributed by atoms with E-state index in [-0.39, 0.29) is 11.8 Å². The molecule has 6 rings (SSSR count). The van der Waals surface area contributed by atoms with Crippen molar-refractivity contribution in [3.8, 4) is 0 Å². The Kier molecular flexibility index (Phi) is 6.04. The Balaban J connectivity index is 1.39. The molecule has 2 aliphatic heterocycles. The minimum Gasteiger partial charge on any atom is -0.378 e. The van der Waals surface area contributed by atoms with Crippen LogP contribution in [0.1, 0.15) is 40.4 Å². The summed E-state index contributed by atoms with van der Waals surface area (Å²) >= 11 is 0. The van der Waals surface area contributed by atoms with Crippen LogP contribution in [-0.2, 0) is 11.2 Å². The van der Waals surface area contributed by atoms with E-state index in [0.717, 1.165) is 43.1 Å². The van der Waals surface area contributed by atoms with Gasteiger partial charge in [-0.1, -0.05) is 30.3 Å². The monoisotopic (exact) mass is 470 g/mol. The first-order valence-corrected chi connectivity index (χ1v) is 12.5. The lowest BCUT2D eigenvalue weighted by Gasteiger charge is -2.35. The minimum atomic E-state index is -0.137. The first kappa shape index (κ1) is 22.0. The van der Waals surface area contributed by atoms with E-state index < -0.39 is 0 Å². The highest BCUT2D eigenvalue weighted by atomic mass is 16.5. The third-order valence-electron chi connectivity index (χ3n) is 7.07. The van der Waals surface area contributed by atoms with E-state index >= 15 is 0 Å². The summed E-state index contributed by atoms with van der Waals surface area (Å²) in [5, 5.41) is 3.07. The number of benzene rings is 1. The number of anilines is 3. The van der Waals surface area contributed by atoms with E-state index in [0.29, 0.717) is 37.3 Å². The largest absolute Gasteiger partial charge is 0.378 e. The maximum absolute atomic E-state index is 13.1. The number of rotatable bonds is 6. The smallest absolute Gasteiger partial charge is 0.270 e. The number of nitrogens with one attached hydrogen (secondary N) is 1. The molecule has 3 aliphatic rings. The van der Waals surface area contributed by atoms with Crippen LogP contribution in [0.3, 0.4) is 0 Å². The van der Waals surface area contributed by atoms with E-state index in [4.69, 9.17) is 14.7 Å². The Labute approximate surface area is 205 Å². The average Bonchev–Trinajstić information content (AvgIpc) is 3.76. The highest BCUT2D eigenvalue weighted by Crippen LogP contribution is 2.38. The molecular formula is C27H30N6O2. The third-order valence-corrected chi connectivity index (χ3v) is 7.07. The Bertz CT molecular complexity index is 1190. The lowest BCUT2D eigenvalue weighted by atomic mass is 9.88. The summed E-state index contributed by atoms with van der Waals surface area (Å²) in [7, 11) is 0. The Morgan fingerprint density at radius 2 is 1.91 bits per heavy atom. The molecule has 1 aliphatic carbocycles. The second kappa shape index (κ2) is 9.62. The third kappa shape index (κ3) is 4.84. The number of hydrogen-bond donors (Lipinski definition) is 1. The molecule has 1 unspecified atom stereocenters. The molecule has 1 atom stereocenters. The zero-order valence-electron chi connectivity index (χ0n) is 19.8. The van der Waals surface area contributed by atoms with Crippen LogP contribution in [0.2, 0.25) is 0 Å². The van der Waals surface area contributed by atoms with Gasteiger partial charge in [0.1, 0.15) is 11.5 Å². The van der Waals surface area contributed by atoms with E-state index in [1.54, 1.807) is 0 Å². The fraction of sp³-hybridized carbons (Fsp3) is 0.407. The number of carbonyl (C=O) groups is 1. The predicted octanol–water partition coefficient (Wildman–Crippen LogP) is 3.33. The van der Waals surface area contributed by atoms with Crippen molar-refractivity contribution >= 4 is 23.4 Å². The van der Waals surface area contributed by atoms with E-state index in [1.807, 2.05) is 30.6 Å². The van der Waals surface area contributed by atoms with Crippen molar-refractivity contribution in [1.82, 2.24) is 20.3 Å². The second-order valence-electron chi connectivity index (χ2n) is 9.59. The van der Waals surface area contributed by atoms with Crippen LogP contribution in [0.25, 0.3) is 0 Å². The Morgan fingerprint density at radius 3 is 2.71 bits per heavy atom. The normalized spacial score (nSPS) is 19.8. The number of fused-ring (bicyclic) bond motifs is 1. The van der Waals surface area contributed by atoms with Crippen LogP contribution in [-0.4, -0.2) is 60.3 Å². The van der Waals surface area contributed by atoms with Crippen LogP contribution < -0.4 is 15.1 Å². The standard InChI is InChI=1S/C27H30N6O2/c34-26(29-16-19-6-7-19)23-15-25(32-10-12-35-13-11-32)31-27(30-23)33-18-22(20-4-2-1-3-5-20)14-21-17-28-9-8-24(21)33/h1-5,8-9,15,17,19,22H,6-7,10-14,16,18H2,(H,29,34). The van der Waals surface area contributed by atoms with Gasteiger partial charge in [-0.2, -0.15) is 4.98 Å². The average molecular weight is 471 g/mol. The summed E-state index contributed by atoms with van der Waals surface area (Å²) in [4.78, 5) is 31.6. The Hall–Kier alpha value is -3.52. The van der Waals surface area contributed by atoms with Crippen LogP contribution in [0.5, 0.6) is 0 Å². The van der Waals surface area contributed by atoms with Crippen molar-refractivity contribution in [2.75, 3.05) is 49.2 Å². The fourth-order valence-electron chi connectivity index (χ4n) is 4.89. The SMILES string of the molecule is O=C(NCC1CC1)c1cc(N2CCOCC2)nc(N2CC(c3ccccc3)Cc3cnccc32)n1. The van der Waals surface area contributed by atoms with Crippen molar-refractivity contribution in [1.29, 1.82) is 0 Å². The number of amides is 1. The lowest BCUT2D eigenvalue weighted by Crippen LogP contribution is -2.38. The molecule has 180 valence electrons. The van der Waals surface area contributed by atoms with Crippen molar-refractivity contribution in [2.45, 2.75) is 25.2 Å². The molecule has 1 saturated heterocycles. The van der Waals surface area contributed by atoms with Gasteiger partial charge in [0.25, 0.3) is 5.91 Å². The Morgan fingerprint density at radius 1 is 1.09 bits per heavy atom. The van der Waals surface area contributed by atoms with Crippen molar-refractivity contribution in [2.24, 2.45) is 5.92 Å². The summed E-state index contributed by atoms with van der Waals surface area (Å²) in [5.41, 5.74) is 3.90. The highest BCUT2D eigenvalue weighted by molar-refractivity contribution is 5.93. The zero-order valence-corrected chi connectivity index (χ0v) is 19.8. The van der Waals surface area contributed by atoms with Crippen LogP contribution >= 0.6 is 0 Å². The van der Waals surface area contributed by atoms with Crippen molar-refractivity contribution < 1.29 is 9.53 Å². The van der Waals surface area contributed by atoms with Gasteiger partial charge in [0, 0.05) is 50.6 Å². The predicted molar refractivity (Wildman–Crippen MR) is 134 cm³/mol. The molecule has 3 aromatic rings. The molecule has 2 aromatic heterocycles. The molecule has 0 spiro atoms. The molecule has 4 heterocycles. The number of carbonyl (C=O) groups excluding carboxylic acids is 1. The molecule has 1 N–H and O–H groups in total. The van der Waals surface area contributed by atoms with E-state index in [9.17, 15) is 4.79 Å².